The van der Waals surface area contributed by atoms with Crippen molar-refractivity contribution in [2.45, 2.75) is 31.7 Å². The van der Waals surface area contributed by atoms with Gasteiger partial charge in [-0.2, -0.15) is 0 Å². The Balaban J connectivity index is 2.27. The number of primary amides is 1. The van der Waals surface area contributed by atoms with E-state index in [2.05, 4.69) is 15.9 Å². The van der Waals surface area contributed by atoms with Crippen LogP contribution in [0.4, 0.5) is 13.6 Å². The number of ether oxygens (including phenoxy) is 1. The molecule has 0 aliphatic carbocycles. The highest BCUT2D eigenvalue weighted by atomic mass is 79.9. The Labute approximate surface area is 140 Å². The molecule has 1 saturated heterocycles. The first-order chi connectivity index (χ1) is 10.7. The molecule has 23 heavy (non-hydrogen) atoms. The summed E-state index contributed by atoms with van der Waals surface area (Å²) in [7, 11) is 0. The zero-order chi connectivity index (χ0) is 17.2. The summed E-state index contributed by atoms with van der Waals surface area (Å²) in [5, 5.41) is 0. The minimum atomic E-state index is -2.96. The number of hydrogen-bond donors (Lipinski definition) is 1. The van der Waals surface area contributed by atoms with Crippen LogP contribution in [-0.4, -0.2) is 42.0 Å². The second-order valence-electron chi connectivity index (χ2n) is 5.57. The Morgan fingerprint density at radius 1 is 1.48 bits per heavy atom. The normalized spacial score (nSPS) is 20.2. The molecule has 0 bridgehead atoms. The first-order valence-corrected chi connectivity index (χ1v) is 7.86. The number of hydrogen-bond acceptors (Lipinski definition) is 3. The van der Waals surface area contributed by atoms with Crippen LogP contribution in [0.15, 0.2) is 22.7 Å². The number of rotatable bonds is 3. The van der Waals surface area contributed by atoms with E-state index < -0.39 is 30.5 Å². The van der Waals surface area contributed by atoms with Gasteiger partial charge >= 0.3 is 6.09 Å². The molecule has 1 atom stereocenters. The average Bonchev–Trinajstić information content (AvgIpc) is 2.47. The molecule has 0 saturated carbocycles. The fraction of sp³-hybridized carbons (Fsp3) is 0.467. The van der Waals surface area contributed by atoms with Crippen LogP contribution < -0.4 is 5.73 Å². The van der Waals surface area contributed by atoms with Crippen molar-refractivity contribution < 1.29 is 23.1 Å². The van der Waals surface area contributed by atoms with Crippen LogP contribution in [0.25, 0.3) is 0 Å². The van der Waals surface area contributed by atoms with Crippen molar-refractivity contribution in [2.75, 3.05) is 13.2 Å². The zero-order valence-corrected chi connectivity index (χ0v) is 14.1. The summed E-state index contributed by atoms with van der Waals surface area (Å²) in [6, 6.07) is 4.48. The van der Waals surface area contributed by atoms with Crippen molar-refractivity contribution in [3.8, 4) is 0 Å². The van der Waals surface area contributed by atoms with E-state index in [-0.39, 0.29) is 19.4 Å². The third kappa shape index (κ3) is 4.40. The lowest BCUT2D eigenvalue weighted by Gasteiger charge is -2.39. The molecule has 0 radical (unpaired) electrons. The summed E-state index contributed by atoms with van der Waals surface area (Å²) >= 11 is 3.27. The Kier molecular flexibility index (Phi) is 5.23. The van der Waals surface area contributed by atoms with Crippen LogP contribution in [0.5, 0.6) is 0 Å². The molecule has 1 aliphatic heterocycles. The van der Waals surface area contributed by atoms with Gasteiger partial charge in [0, 0.05) is 16.5 Å². The lowest BCUT2D eigenvalue weighted by molar-refractivity contribution is -0.0787. The molecular formula is C15H17BrF2N2O3. The molecule has 1 aromatic carbocycles. The highest BCUT2D eigenvalue weighted by Gasteiger charge is 2.42. The van der Waals surface area contributed by atoms with Crippen molar-refractivity contribution in [1.29, 1.82) is 0 Å². The number of alkyl halides is 2. The van der Waals surface area contributed by atoms with Crippen LogP contribution in [0.2, 0.25) is 0 Å². The summed E-state index contributed by atoms with van der Waals surface area (Å²) in [6.07, 6.45) is -1.31. The van der Waals surface area contributed by atoms with E-state index in [0.717, 1.165) is 4.90 Å². The van der Waals surface area contributed by atoms with Gasteiger partial charge in [0.1, 0.15) is 6.61 Å². The molecular weight excluding hydrogens is 374 g/mol. The van der Waals surface area contributed by atoms with Crippen LogP contribution in [0.1, 0.15) is 28.8 Å². The molecule has 1 aliphatic rings. The largest absolute Gasteiger partial charge is 0.448 e. The Hall–Kier alpha value is -1.70. The van der Waals surface area contributed by atoms with Crippen LogP contribution in [0, 0.1) is 6.92 Å². The van der Waals surface area contributed by atoms with Crippen molar-refractivity contribution >= 4 is 27.9 Å². The fourth-order valence-electron chi connectivity index (χ4n) is 2.56. The Morgan fingerprint density at radius 3 is 2.83 bits per heavy atom. The number of amides is 2. The lowest BCUT2D eigenvalue weighted by atomic mass is 9.97. The monoisotopic (exact) mass is 390 g/mol. The van der Waals surface area contributed by atoms with Crippen molar-refractivity contribution in [1.82, 2.24) is 4.90 Å². The predicted molar refractivity (Wildman–Crippen MR) is 83.4 cm³/mol. The summed E-state index contributed by atoms with van der Waals surface area (Å²) in [6.45, 7) is 0.839. The highest BCUT2D eigenvalue weighted by molar-refractivity contribution is 9.10. The summed E-state index contributed by atoms with van der Waals surface area (Å²) in [5.41, 5.74) is 5.94. The van der Waals surface area contributed by atoms with E-state index in [1.807, 2.05) is 0 Å². The van der Waals surface area contributed by atoms with Crippen molar-refractivity contribution in [3.63, 3.8) is 0 Å². The van der Waals surface area contributed by atoms with Crippen LogP contribution in [-0.2, 0) is 4.74 Å². The minimum Gasteiger partial charge on any atom is -0.448 e. The van der Waals surface area contributed by atoms with Gasteiger partial charge in [-0.05, 0) is 31.0 Å². The first kappa shape index (κ1) is 17.7. The molecule has 1 heterocycles. The second-order valence-corrected chi connectivity index (χ2v) is 6.49. The number of aryl methyl sites for hydroxylation is 1. The second kappa shape index (κ2) is 6.82. The number of likely N-dealkylation sites (tertiary alicyclic amines) is 1. The van der Waals surface area contributed by atoms with Gasteiger partial charge in [-0.1, -0.05) is 22.0 Å². The molecule has 1 aromatic rings. The molecule has 5 nitrogen and oxygen atoms in total. The van der Waals surface area contributed by atoms with E-state index in [4.69, 9.17) is 10.5 Å². The number of benzene rings is 1. The van der Waals surface area contributed by atoms with Gasteiger partial charge in [-0.15, -0.1) is 0 Å². The standard InChI is InChI=1S/C15H17BrF2N2O3/c1-9-2-3-10(16)6-12(9)13(21)20-8-15(17,18)5-4-11(20)7-23-14(19)22/h2-3,6,11H,4-5,7-8H2,1H3,(H2,19,22). The van der Waals surface area contributed by atoms with Crippen molar-refractivity contribution in [2.24, 2.45) is 5.73 Å². The molecule has 0 spiro atoms. The predicted octanol–water partition coefficient (Wildman–Crippen LogP) is 3.09. The molecule has 1 unspecified atom stereocenters. The Bertz CT molecular complexity index is 625. The fourth-order valence-corrected chi connectivity index (χ4v) is 2.92. The van der Waals surface area contributed by atoms with E-state index in [1.54, 1.807) is 25.1 Å². The van der Waals surface area contributed by atoms with Gasteiger partial charge in [0.05, 0.1) is 12.6 Å². The number of nitrogens with zero attached hydrogens (tertiary/aromatic N) is 1. The number of carbonyl (C=O) groups is 2. The molecule has 0 aromatic heterocycles. The number of carbonyl (C=O) groups excluding carboxylic acids is 2. The molecule has 2 rings (SSSR count). The minimum absolute atomic E-state index is 0.0407. The van der Waals surface area contributed by atoms with E-state index in [0.29, 0.717) is 15.6 Å². The highest BCUT2D eigenvalue weighted by Crippen LogP contribution is 2.32. The maximum absolute atomic E-state index is 13.7. The number of piperidine rings is 1. The van der Waals surface area contributed by atoms with Gasteiger partial charge in [-0.25, -0.2) is 13.6 Å². The van der Waals surface area contributed by atoms with Gasteiger partial charge in [-0.3, -0.25) is 4.79 Å². The van der Waals surface area contributed by atoms with E-state index in [9.17, 15) is 18.4 Å². The summed E-state index contributed by atoms with van der Waals surface area (Å²) < 4.78 is 32.9. The average molecular weight is 391 g/mol. The van der Waals surface area contributed by atoms with Gasteiger partial charge < -0.3 is 15.4 Å². The third-order valence-corrected chi connectivity index (χ3v) is 4.29. The maximum Gasteiger partial charge on any atom is 0.404 e. The Morgan fingerprint density at radius 2 is 2.17 bits per heavy atom. The van der Waals surface area contributed by atoms with E-state index in [1.165, 1.54) is 0 Å². The van der Waals surface area contributed by atoms with Crippen LogP contribution in [0.3, 0.4) is 0 Å². The van der Waals surface area contributed by atoms with Crippen molar-refractivity contribution in [3.05, 3.63) is 33.8 Å². The maximum atomic E-state index is 13.7. The van der Waals surface area contributed by atoms with Crippen LogP contribution >= 0.6 is 15.9 Å². The first-order valence-electron chi connectivity index (χ1n) is 7.07. The number of nitrogens with two attached hydrogens (primary N) is 1. The summed E-state index contributed by atoms with van der Waals surface area (Å²) in [5.74, 6) is -3.47. The molecule has 126 valence electrons. The van der Waals surface area contributed by atoms with E-state index >= 15 is 0 Å². The summed E-state index contributed by atoms with van der Waals surface area (Å²) in [4.78, 5) is 24.5. The molecule has 2 amide bonds. The van der Waals surface area contributed by atoms with Gasteiger partial charge in [0.25, 0.3) is 11.8 Å². The molecule has 1 fully saturated rings. The molecule has 8 heteroatoms. The van der Waals surface area contributed by atoms with Gasteiger partial charge in [0.2, 0.25) is 0 Å². The SMILES string of the molecule is Cc1ccc(Br)cc1C(=O)N1CC(F)(F)CCC1COC(N)=O. The topological polar surface area (TPSA) is 72.6 Å². The third-order valence-electron chi connectivity index (χ3n) is 3.79. The zero-order valence-electron chi connectivity index (χ0n) is 12.5. The lowest BCUT2D eigenvalue weighted by Crippen LogP contribution is -2.53. The number of halogens is 3. The van der Waals surface area contributed by atoms with Gasteiger partial charge in [0.15, 0.2) is 0 Å². The smallest absolute Gasteiger partial charge is 0.404 e. The quantitative estimate of drug-likeness (QED) is 0.861. The molecule has 2 N–H and O–H groups in total.